The molecular formula is C34H32N4O4. The van der Waals surface area contributed by atoms with Crippen molar-refractivity contribution >= 4 is 22.7 Å². The number of fused-ring (bicyclic) bond motifs is 1. The summed E-state index contributed by atoms with van der Waals surface area (Å²) >= 11 is 0. The van der Waals surface area contributed by atoms with Gasteiger partial charge in [0.05, 0.1) is 35.7 Å². The zero-order valence-corrected chi connectivity index (χ0v) is 23.6. The number of hydrogen-bond acceptors (Lipinski definition) is 5. The van der Waals surface area contributed by atoms with E-state index >= 15 is 0 Å². The Morgan fingerprint density at radius 2 is 1.52 bits per heavy atom. The Labute approximate surface area is 244 Å². The van der Waals surface area contributed by atoms with Gasteiger partial charge in [-0.15, -0.1) is 0 Å². The van der Waals surface area contributed by atoms with Crippen LogP contribution in [-0.4, -0.2) is 39.4 Å². The Hall–Kier alpha value is -5.24. The predicted molar refractivity (Wildman–Crippen MR) is 163 cm³/mol. The topological polar surface area (TPSA) is 108 Å². The van der Waals surface area contributed by atoms with E-state index in [-0.39, 0.29) is 24.4 Å². The highest BCUT2D eigenvalue weighted by atomic mass is 16.5. The Morgan fingerprint density at radius 3 is 2.19 bits per heavy atom. The number of amides is 2. The number of primary amides is 1. The molecule has 0 saturated carbocycles. The Balaban J connectivity index is 1.52. The van der Waals surface area contributed by atoms with Crippen LogP contribution in [0.15, 0.2) is 108 Å². The lowest BCUT2D eigenvalue weighted by molar-refractivity contribution is -0.137. The fraction of sp³-hybridized carbons (Fsp3) is 0.176. The van der Waals surface area contributed by atoms with E-state index in [1.807, 2.05) is 61.5 Å². The van der Waals surface area contributed by atoms with E-state index in [0.29, 0.717) is 34.8 Å². The minimum atomic E-state index is -0.752. The third-order valence-electron chi connectivity index (χ3n) is 7.11. The molecule has 0 aliphatic rings. The van der Waals surface area contributed by atoms with E-state index in [0.717, 1.165) is 16.7 Å². The maximum Gasteiger partial charge on any atom is 0.266 e. The fourth-order valence-electron chi connectivity index (χ4n) is 5.01. The van der Waals surface area contributed by atoms with Crippen LogP contribution >= 0.6 is 0 Å². The molecule has 0 bridgehead atoms. The van der Waals surface area contributed by atoms with Crippen molar-refractivity contribution in [1.29, 1.82) is 0 Å². The number of rotatable bonds is 10. The van der Waals surface area contributed by atoms with Crippen LogP contribution in [0.4, 0.5) is 0 Å². The van der Waals surface area contributed by atoms with E-state index in [1.54, 1.807) is 55.5 Å². The highest BCUT2D eigenvalue weighted by Crippen LogP contribution is 2.25. The lowest BCUT2D eigenvalue weighted by atomic mass is 10.0. The average molecular weight is 561 g/mol. The van der Waals surface area contributed by atoms with Crippen LogP contribution in [0.25, 0.3) is 27.7 Å². The summed E-state index contributed by atoms with van der Waals surface area (Å²) < 4.78 is 7.05. The normalized spacial score (nSPS) is 11.7. The SMILES string of the molecule is CCOc1ccc(-n2c([C@@H](C)N(CC(N)=O)C(=O)Cc3ccc(-c4ccccc4)cc3)nc3ccccc3c2=O)cc1. The molecule has 5 rings (SSSR count). The second-order valence-electron chi connectivity index (χ2n) is 9.96. The molecule has 0 aliphatic heterocycles. The fourth-order valence-corrected chi connectivity index (χ4v) is 5.01. The highest BCUT2D eigenvalue weighted by molar-refractivity contribution is 5.85. The average Bonchev–Trinajstić information content (AvgIpc) is 3.01. The van der Waals surface area contributed by atoms with E-state index in [1.165, 1.54) is 9.47 Å². The van der Waals surface area contributed by atoms with E-state index in [9.17, 15) is 14.4 Å². The number of hydrogen-bond donors (Lipinski definition) is 1. The standard InChI is InChI=1S/C34H32N4O4/c1-3-42-28-19-17-27(18-20-28)38-33(36-30-12-8-7-11-29(30)34(38)41)23(2)37(22-31(35)39)32(40)21-24-13-15-26(16-14-24)25-9-5-4-6-10-25/h4-20,23H,3,21-22H2,1-2H3,(H2,35,39)/t23-/m1/s1. The first-order chi connectivity index (χ1) is 20.4. The minimum absolute atomic E-state index is 0.0492. The molecule has 0 aliphatic carbocycles. The zero-order chi connectivity index (χ0) is 29.6. The van der Waals surface area contributed by atoms with Crippen LogP contribution in [-0.2, 0) is 16.0 Å². The second-order valence-corrected chi connectivity index (χ2v) is 9.96. The summed E-state index contributed by atoms with van der Waals surface area (Å²) in [5, 5.41) is 0.439. The molecule has 0 fully saturated rings. The van der Waals surface area contributed by atoms with Crippen LogP contribution in [0, 0.1) is 0 Å². The molecule has 42 heavy (non-hydrogen) atoms. The van der Waals surface area contributed by atoms with Gasteiger partial charge in [-0.05, 0) is 66.9 Å². The lowest BCUT2D eigenvalue weighted by Gasteiger charge is -2.30. The number of carbonyl (C=O) groups excluding carboxylic acids is 2. The molecule has 212 valence electrons. The van der Waals surface area contributed by atoms with Gasteiger partial charge in [-0.3, -0.25) is 19.0 Å². The third kappa shape index (κ3) is 6.07. The summed E-state index contributed by atoms with van der Waals surface area (Å²) in [6.07, 6.45) is 0.0492. The third-order valence-corrected chi connectivity index (χ3v) is 7.11. The van der Waals surface area contributed by atoms with Crippen molar-refractivity contribution in [3.05, 3.63) is 125 Å². The Morgan fingerprint density at radius 1 is 0.881 bits per heavy atom. The van der Waals surface area contributed by atoms with Crippen molar-refractivity contribution < 1.29 is 14.3 Å². The first kappa shape index (κ1) is 28.3. The first-order valence-electron chi connectivity index (χ1n) is 13.8. The van der Waals surface area contributed by atoms with Gasteiger partial charge in [0.1, 0.15) is 18.1 Å². The molecule has 8 heteroatoms. The van der Waals surface area contributed by atoms with Crippen molar-refractivity contribution in [2.24, 2.45) is 5.73 Å². The van der Waals surface area contributed by atoms with Crippen LogP contribution in [0.5, 0.6) is 5.75 Å². The van der Waals surface area contributed by atoms with Gasteiger partial charge < -0.3 is 15.4 Å². The number of aromatic nitrogens is 2. The van der Waals surface area contributed by atoms with Gasteiger partial charge in [0.25, 0.3) is 5.56 Å². The number of carbonyl (C=O) groups is 2. The van der Waals surface area contributed by atoms with Gasteiger partial charge in [0.2, 0.25) is 11.8 Å². The second kappa shape index (κ2) is 12.5. The molecule has 0 spiro atoms. The summed E-state index contributed by atoms with van der Waals surface area (Å²) in [5.74, 6) is 0.0122. The van der Waals surface area contributed by atoms with Gasteiger partial charge in [0.15, 0.2) is 0 Å². The number of benzene rings is 4. The summed E-state index contributed by atoms with van der Waals surface area (Å²) in [7, 11) is 0. The Kier molecular flexibility index (Phi) is 8.43. The largest absolute Gasteiger partial charge is 0.494 e. The van der Waals surface area contributed by atoms with Crippen molar-refractivity contribution in [3.8, 4) is 22.6 Å². The van der Waals surface area contributed by atoms with Crippen molar-refractivity contribution in [1.82, 2.24) is 14.5 Å². The summed E-state index contributed by atoms with van der Waals surface area (Å²) in [6.45, 7) is 3.83. The van der Waals surface area contributed by atoms with Crippen LogP contribution in [0.1, 0.15) is 31.3 Å². The molecule has 8 nitrogen and oxygen atoms in total. The molecule has 1 atom stereocenters. The summed E-state index contributed by atoms with van der Waals surface area (Å²) in [6, 6.07) is 31.1. The molecule has 0 saturated heterocycles. The number of para-hydroxylation sites is 1. The van der Waals surface area contributed by atoms with E-state index < -0.39 is 11.9 Å². The van der Waals surface area contributed by atoms with Crippen molar-refractivity contribution in [2.45, 2.75) is 26.3 Å². The van der Waals surface area contributed by atoms with E-state index in [4.69, 9.17) is 15.5 Å². The number of ether oxygens (including phenoxy) is 1. The molecule has 1 aromatic heterocycles. The quantitative estimate of drug-likeness (QED) is 0.257. The summed E-state index contributed by atoms with van der Waals surface area (Å²) in [5.41, 5.74) is 9.28. The van der Waals surface area contributed by atoms with Crippen LogP contribution < -0.4 is 16.0 Å². The number of nitrogens with zero attached hydrogens (tertiary/aromatic N) is 3. The van der Waals surface area contributed by atoms with Gasteiger partial charge in [-0.1, -0.05) is 66.7 Å². The first-order valence-corrected chi connectivity index (χ1v) is 13.8. The molecule has 2 amide bonds. The van der Waals surface area contributed by atoms with Crippen LogP contribution in [0.3, 0.4) is 0 Å². The van der Waals surface area contributed by atoms with Gasteiger partial charge in [-0.2, -0.15) is 0 Å². The Bertz CT molecular complexity index is 1760. The lowest BCUT2D eigenvalue weighted by Crippen LogP contribution is -2.42. The maximum atomic E-state index is 13.8. The summed E-state index contributed by atoms with van der Waals surface area (Å²) in [4.78, 5) is 45.9. The van der Waals surface area contributed by atoms with Gasteiger partial charge in [0, 0.05) is 0 Å². The molecule has 4 aromatic carbocycles. The molecule has 1 heterocycles. The van der Waals surface area contributed by atoms with Gasteiger partial charge in [-0.25, -0.2) is 4.98 Å². The van der Waals surface area contributed by atoms with Crippen molar-refractivity contribution in [2.75, 3.05) is 13.2 Å². The molecular weight excluding hydrogens is 528 g/mol. The smallest absolute Gasteiger partial charge is 0.266 e. The maximum absolute atomic E-state index is 13.8. The molecule has 0 unspecified atom stereocenters. The van der Waals surface area contributed by atoms with Crippen LogP contribution in [0.2, 0.25) is 0 Å². The number of nitrogens with two attached hydrogens (primary N) is 1. The molecule has 0 radical (unpaired) electrons. The monoisotopic (exact) mass is 560 g/mol. The highest BCUT2D eigenvalue weighted by Gasteiger charge is 2.28. The predicted octanol–water partition coefficient (Wildman–Crippen LogP) is 5.07. The van der Waals surface area contributed by atoms with E-state index in [2.05, 4.69) is 0 Å². The van der Waals surface area contributed by atoms with Gasteiger partial charge >= 0.3 is 0 Å². The molecule has 5 aromatic rings. The van der Waals surface area contributed by atoms with Crippen molar-refractivity contribution in [3.63, 3.8) is 0 Å². The molecule has 2 N–H and O–H groups in total. The minimum Gasteiger partial charge on any atom is -0.494 e. The zero-order valence-electron chi connectivity index (χ0n) is 23.6.